The van der Waals surface area contributed by atoms with Crippen LogP contribution >= 0.6 is 0 Å². The number of aryl methyl sites for hydroxylation is 2. The number of fused-ring (bicyclic) bond motifs is 1. The van der Waals surface area contributed by atoms with E-state index in [0.29, 0.717) is 6.04 Å². The molecule has 1 heterocycles. The maximum atomic E-state index is 3.69. The summed E-state index contributed by atoms with van der Waals surface area (Å²) in [6.45, 7) is 3.36. The van der Waals surface area contributed by atoms with Crippen LogP contribution in [0.25, 0.3) is 0 Å². The summed E-state index contributed by atoms with van der Waals surface area (Å²) in [6, 6.07) is 7.25. The Bertz CT molecular complexity index is 358. The van der Waals surface area contributed by atoms with Crippen LogP contribution in [-0.4, -0.2) is 31.6 Å². The van der Waals surface area contributed by atoms with Crippen molar-refractivity contribution in [2.24, 2.45) is 0 Å². The molecule has 1 aromatic carbocycles. The predicted octanol–water partition coefficient (Wildman–Crippen LogP) is 2.67. The van der Waals surface area contributed by atoms with Crippen molar-refractivity contribution in [1.82, 2.24) is 4.90 Å². The zero-order valence-corrected chi connectivity index (χ0v) is 10.6. The fourth-order valence-corrected chi connectivity index (χ4v) is 2.38. The topological polar surface area (TPSA) is 15.3 Å². The highest BCUT2D eigenvalue weighted by Gasteiger charge is 2.18. The lowest BCUT2D eigenvalue weighted by molar-refractivity contribution is 0.379. The summed E-state index contributed by atoms with van der Waals surface area (Å²) in [5, 5.41) is 3.69. The van der Waals surface area contributed by atoms with Crippen molar-refractivity contribution in [3.63, 3.8) is 0 Å². The Kier molecular flexibility index (Phi) is 3.49. The molecule has 0 fully saturated rings. The molecule has 0 amide bonds. The molecule has 0 saturated heterocycles. The van der Waals surface area contributed by atoms with E-state index >= 15 is 0 Å². The number of para-hydroxylation sites is 1. The first-order chi connectivity index (χ1) is 7.66. The van der Waals surface area contributed by atoms with Crippen molar-refractivity contribution in [2.75, 3.05) is 26.0 Å². The standard InChI is InChI=1S/C14H22N2/c1-11-5-4-6-12-7-8-13(15-14(11)12)9-10-16(2)3/h4-6,13,15H,7-10H2,1-3H3. The van der Waals surface area contributed by atoms with Crippen molar-refractivity contribution in [1.29, 1.82) is 0 Å². The number of benzene rings is 1. The van der Waals surface area contributed by atoms with Crippen molar-refractivity contribution in [3.8, 4) is 0 Å². The lowest BCUT2D eigenvalue weighted by Crippen LogP contribution is -2.29. The van der Waals surface area contributed by atoms with Gasteiger partial charge in [-0.15, -0.1) is 0 Å². The van der Waals surface area contributed by atoms with Crippen LogP contribution in [-0.2, 0) is 6.42 Å². The van der Waals surface area contributed by atoms with E-state index < -0.39 is 0 Å². The highest BCUT2D eigenvalue weighted by atomic mass is 15.1. The van der Waals surface area contributed by atoms with Crippen LogP contribution in [0, 0.1) is 6.92 Å². The summed E-state index contributed by atoms with van der Waals surface area (Å²) in [6.07, 6.45) is 3.73. The second-order valence-electron chi connectivity index (χ2n) is 5.08. The molecular weight excluding hydrogens is 196 g/mol. The van der Waals surface area contributed by atoms with Crippen LogP contribution < -0.4 is 5.32 Å². The third-order valence-electron chi connectivity index (χ3n) is 3.39. The van der Waals surface area contributed by atoms with Gasteiger partial charge in [-0.25, -0.2) is 0 Å². The molecule has 1 unspecified atom stereocenters. The minimum Gasteiger partial charge on any atom is -0.382 e. The van der Waals surface area contributed by atoms with Gasteiger partial charge in [0, 0.05) is 11.7 Å². The molecule has 1 aliphatic rings. The molecule has 1 aromatic rings. The minimum absolute atomic E-state index is 0.649. The Hall–Kier alpha value is -1.02. The van der Waals surface area contributed by atoms with E-state index in [2.05, 4.69) is 49.4 Å². The lowest BCUT2D eigenvalue weighted by atomic mass is 9.94. The highest BCUT2D eigenvalue weighted by Crippen LogP contribution is 2.28. The average Bonchev–Trinajstić information content (AvgIpc) is 2.27. The van der Waals surface area contributed by atoms with Gasteiger partial charge in [-0.05, 0) is 58.0 Å². The van der Waals surface area contributed by atoms with Crippen molar-refractivity contribution >= 4 is 5.69 Å². The molecule has 1 aliphatic heterocycles. The van der Waals surface area contributed by atoms with Crippen LogP contribution in [0.5, 0.6) is 0 Å². The Labute approximate surface area is 98.7 Å². The zero-order valence-electron chi connectivity index (χ0n) is 10.6. The van der Waals surface area contributed by atoms with E-state index in [1.165, 1.54) is 42.6 Å². The highest BCUT2D eigenvalue weighted by molar-refractivity contribution is 5.59. The molecule has 0 aliphatic carbocycles. The molecule has 2 heteroatoms. The van der Waals surface area contributed by atoms with E-state index in [-0.39, 0.29) is 0 Å². The summed E-state index contributed by atoms with van der Waals surface area (Å²) in [5.74, 6) is 0. The van der Waals surface area contributed by atoms with Crippen molar-refractivity contribution in [3.05, 3.63) is 29.3 Å². The van der Waals surface area contributed by atoms with Gasteiger partial charge in [0.1, 0.15) is 0 Å². The second kappa shape index (κ2) is 4.88. The summed E-state index contributed by atoms with van der Waals surface area (Å²) >= 11 is 0. The molecule has 2 nitrogen and oxygen atoms in total. The van der Waals surface area contributed by atoms with Crippen molar-refractivity contribution < 1.29 is 0 Å². The van der Waals surface area contributed by atoms with Crippen LogP contribution in [0.2, 0.25) is 0 Å². The van der Waals surface area contributed by atoms with Gasteiger partial charge in [0.15, 0.2) is 0 Å². The first-order valence-electron chi connectivity index (χ1n) is 6.16. The van der Waals surface area contributed by atoms with Gasteiger partial charge in [0.25, 0.3) is 0 Å². The Morgan fingerprint density at radius 1 is 1.38 bits per heavy atom. The van der Waals surface area contributed by atoms with E-state index in [1.807, 2.05) is 0 Å². The fraction of sp³-hybridized carbons (Fsp3) is 0.571. The molecule has 0 radical (unpaired) electrons. The number of nitrogens with zero attached hydrogens (tertiary/aromatic N) is 1. The first kappa shape index (κ1) is 11.5. The van der Waals surface area contributed by atoms with Gasteiger partial charge >= 0.3 is 0 Å². The summed E-state index contributed by atoms with van der Waals surface area (Å²) in [7, 11) is 4.28. The molecule has 0 bridgehead atoms. The maximum Gasteiger partial charge on any atom is 0.0404 e. The van der Waals surface area contributed by atoms with Gasteiger partial charge in [-0.2, -0.15) is 0 Å². The summed E-state index contributed by atoms with van der Waals surface area (Å²) in [4.78, 5) is 2.26. The van der Waals surface area contributed by atoms with Gasteiger partial charge in [0.2, 0.25) is 0 Å². The Morgan fingerprint density at radius 3 is 2.94 bits per heavy atom. The number of rotatable bonds is 3. The SMILES string of the molecule is Cc1cccc2c1NC(CCN(C)C)CC2. The van der Waals surface area contributed by atoms with Crippen LogP contribution in [0.15, 0.2) is 18.2 Å². The third-order valence-corrected chi connectivity index (χ3v) is 3.39. The first-order valence-corrected chi connectivity index (χ1v) is 6.16. The monoisotopic (exact) mass is 218 g/mol. The normalized spacial score (nSPS) is 19.4. The molecule has 0 saturated carbocycles. The van der Waals surface area contributed by atoms with E-state index in [4.69, 9.17) is 0 Å². The minimum atomic E-state index is 0.649. The third kappa shape index (κ3) is 2.56. The van der Waals surface area contributed by atoms with Gasteiger partial charge in [-0.3, -0.25) is 0 Å². The summed E-state index contributed by atoms with van der Waals surface area (Å²) in [5.41, 5.74) is 4.26. The molecule has 88 valence electrons. The predicted molar refractivity (Wildman–Crippen MR) is 70.1 cm³/mol. The lowest BCUT2D eigenvalue weighted by Gasteiger charge is -2.29. The van der Waals surface area contributed by atoms with E-state index in [0.717, 1.165) is 0 Å². The maximum absolute atomic E-state index is 3.69. The number of nitrogens with one attached hydrogen (secondary N) is 1. The van der Waals surface area contributed by atoms with Crippen molar-refractivity contribution in [2.45, 2.75) is 32.2 Å². The average molecular weight is 218 g/mol. The fourth-order valence-electron chi connectivity index (χ4n) is 2.38. The molecule has 2 rings (SSSR count). The molecule has 1 atom stereocenters. The zero-order chi connectivity index (χ0) is 11.5. The molecule has 0 aromatic heterocycles. The van der Waals surface area contributed by atoms with Crippen LogP contribution in [0.4, 0.5) is 5.69 Å². The second-order valence-corrected chi connectivity index (χ2v) is 5.08. The Morgan fingerprint density at radius 2 is 2.19 bits per heavy atom. The molecular formula is C14H22N2. The number of hydrogen-bond acceptors (Lipinski definition) is 2. The molecule has 0 spiro atoms. The summed E-state index contributed by atoms with van der Waals surface area (Å²) < 4.78 is 0. The van der Waals surface area contributed by atoms with Gasteiger partial charge in [0.05, 0.1) is 0 Å². The van der Waals surface area contributed by atoms with E-state index in [1.54, 1.807) is 0 Å². The molecule has 16 heavy (non-hydrogen) atoms. The van der Waals surface area contributed by atoms with Gasteiger partial charge in [-0.1, -0.05) is 18.2 Å². The largest absolute Gasteiger partial charge is 0.382 e. The smallest absolute Gasteiger partial charge is 0.0404 e. The van der Waals surface area contributed by atoms with Gasteiger partial charge < -0.3 is 10.2 Å². The van der Waals surface area contributed by atoms with Crippen LogP contribution in [0.3, 0.4) is 0 Å². The Balaban J connectivity index is 2.03. The van der Waals surface area contributed by atoms with E-state index in [9.17, 15) is 0 Å². The number of anilines is 1. The molecule has 1 N–H and O–H groups in total. The van der Waals surface area contributed by atoms with Crippen LogP contribution in [0.1, 0.15) is 24.0 Å². The number of hydrogen-bond donors (Lipinski definition) is 1. The quantitative estimate of drug-likeness (QED) is 0.839.